The Morgan fingerprint density at radius 3 is 2.38 bits per heavy atom. The number of ether oxygens (including phenoxy) is 3. The van der Waals surface area contributed by atoms with Crippen molar-refractivity contribution in [1.29, 1.82) is 0 Å². The molecule has 26 heavy (non-hydrogen) atoms. The lowest BCUT2D eigenvalue weighted by atomic mass is 9.69. The molecule has 0 amide bonds. The first kappa shape index (κ1) is 20.9. The third-order valence-corrected chi connectivity index (χ3v) is 5.27. The minimum Gasteiger partial charge on any atom is -0.462 e. The lowest BCUT2D eigenvalue weighted by Gasteiger charge is -2.37. The zero-order valence-corrected chi connectivity index (χ0v) is 17.3. The second-order valence-electron chi connectivity index (χ2n) is 9.27. The molecule has 0 spiro atoms. The van der Waals surface area contributed by atoms with E-state index in [1.54, 1.807) is 0 Å². The van der Waals surface area contributed by atoms with E-state index < -0.39 is 11.2 Å². The highest BCUT2D eigenvalue weighted by molar-refractivity contribution is 5.76. The fourth-order valence-corrected chi connectivity index (χ4v) is 3.56. The van der Waals surface area contributed by atoms with E-state index >= 15 is 0 Å². The monoisotopic (exact) mass is 362 g/mol. The summed E-state index contributed by atoms with van der Waals surface area (Å²) in [5.41, 5.74) is 0.505. The summed E-state index contributed by atoms with van der Waals surface area (Å²) in [4.78, 5) is 12.9. The molecule has 146 valence electrons. The quantitative estimate of drug-likeness (QED) is 0.674. The molecule has 1 aromatic rings. The summed E-state index contributed by atoms with van der Waals surface area (Å²) in [7, 11) is 0. The molecule has 1 aliphatic heterocycles. The van der Waals surface area contributed by atoms with Crippen molar-refractivity contribution in [3.05, 3.63) is 35.9 Å². The molecule has 4 nitrogen and oxygen atoms in total. The van der Waals surface area contributed by atoms with Crippen LogP contribution in [0.2, 0.25) is 0 Å². The van der Waals surface area contributed by atoms with Crippen LogP contribution in [0.1, 0.15) is 60.5 Å². The van der Waals surface area contributed by atoms with Gasteiger partial charge in [0.05, 0.1) is 12.0 Å². The molecule has 0 radical (unpaired) electrons. The van der Waals surface area contributed by atoms with Gasteiger partial charge in [0, 0.05) is 5.56 Å². The molecule has 1 aromatic carbocycles. The Kier molecular flexibility index (Phi) is 6.19. The molecule has 3 unspecified atom stereocenters. The first-order chi connectivity index (χ1) is 12.0. The van der Waals surface area contributed by atoms with Gasteiger partial charge in [0.25, 0.3) is 0 Å². The summed E-state index contributed by atoms with van der Waals surface area (Å²) in [6.07, 6.45) is 0.524. The average Bonchev–Trinajstić information content (AvgIpc) is 2.94. The number of carbonyl (C=O) groups is 1. The molecule has 0 aromatic heterocycles. The third-order valence-electron chi connectivity index (χ3n) is 5.27. The minimum absolute atomic E-state index is 0.0525. The second kappa shape index (κ2) is 7.69. The van der Waals surface area contributed by atoms with Crippen LogP contribution in [0.3, 0.4) is 0 Å². The van der Waals surface area contributed by atoms with E-state index in [1.165, 1.54) is 0 Å². The smallest absolute Gasteiger partial charge is 0.312 e. The number of benzene rings is 1. The Morgan fingerprint density at radius 2 is 1.85 bits per heavy atom. The van der Waals surface area contributed by atoms with Crippen molar-refractivity contribution in [2.75, 3.05) is 13.2 Å². The zero-order chi connectivity index (χ0) is 19.6. The summed E-state index contributed by atoms with van der Waals surface area (Å²) in [6.45, 7) is 15.2. The molecule has 0 N–H and O–H groups in total. The lowest BCUT2D eigenvalue weighted by Crippen LogP contribution is -2.39. The van der Waals surface area contributed by atoms with E-state index in [1.807, 2.05) is 44.2 Å². The standard InChI is InChI=1S/C22H34O4/c1-16(2)21(6,15-20(3,4)5)19(23)24-13-18-14-25-22(7,26-18)17-11-9-8-10-12-17/h8-12,16,18H,13-15H2,1-7H3. The molecule has 1 fully saturated rings. The molecule has 3 atom stereocenters. The lowest BCUT2D eigenvalue weighted by molar-refractivity contribution is -0.178. The van der Waals surface area contributed by atoms with Gasteiger partial charge in [-0.25, -0.2) is 0 Å². The van der Waals surface area contributed by atoms with Crippen LogP contribution >= 0.6 is 0 Å². The van der Waals surface area contributed by atoms with Gasteiger partial charge in [0.2, 0.25) is 0 Å². The first-order valence-corrected chi connectivity index (χ1v) is 9.51. The summed E-state index contributed by atoms with van der Waals surface area (Å²) in [5.74, 6) is -0.741. The maximum Gasteiger partial charge on any atom is 0.312 e. The number of carbonyl (C=O) groups excluding carboxylic acids is 1. The van der Waals surface area contributed by atoms with Crippen LogP contribution in [0.25, 0.3) is 0 Å². The topological polar surface area (TPSA) is 44.8 Å². The normalized spacial score (nSPS) is 25.9. The van der Waals surface area contributed by atoms with Crippen LogP contribution in [0, 0.1) is 16.7 Å². The van der Waals surface area contributed by atoms with Crippen molar-refractivity contribution < 1.29 is 19.0 Å². The zero-order valence-electron chi connectivity index (χ0n) is 17.3. The van der Waals surface area contributed by atoms with Gasteiger partial charge < -0.3 is 14.2 Å². The first-order valence-electron chi connectivity index (χ1n) is 9.51. The van der Waals surface area contributed by atoms with E-state index in [0.717, 1.165) is 12.0 Å². The molecule has 0 saturated carbocycles. The molecular formula is C22H34O4. The molecular weight excluding hydrogens is 328 g/mol. The minimum atomic E-state index is -0.787. The highest BCUT2D eigenvalue weighted by Gasteiger charge is 2.43. The van der Waals surface area contributed by atoms with Crippen molar-refractivity contribution in [2.45, 2.75) is 66.8 Å². The van der Waals surface area contributed by atoms with Gasteiger partial charge >= 0.3 is 5.97 Å². The van der Waals surface area contributed by atoms with E-state index in [4.69, 9.17) is 14.2 Å². The summed E-state index contributed by atoms with van der Waals surface area (Å²) in [6, 6.07) is 9.84. The molecule has 0 bridgehead atoms. The number of hydrogen-bond donors (Lipinski definition) is 0. The molecule has 0 aliphatic carbocycles. The fraction of sp³-hybridized carbons (Fsp3) is 0.682. The van der Waals surface area contributed by atoms with E-state index in [0.29, 0.717) is 6.61 Å². The van der Waals surface area contributed by atoms with Crippen LogP contribution in [0.4, 0.5) is 0 Å². The van der Waals surface area contributed by atoms with Crippen molar-refractivity contribution in [2.24, 2.45) is 16.7 Å². The highest BCUT2D eigenvalue weighted by atomic mass is 16.8. The molecule has 1 saturated heterocycles. The maximum atomic E-state index is 12.9. The molecule has 2 rings (SSSR count). The van der Waals surface area contributed by atoms with Crippen molar-refractivity contribution in [1.82, 2.24) is 0 Å². The molecule has 1 heterocycles. The Labute approximate surface area is 158 Å². The largest absolute Gasteiger partial charge is 0.462 e. The van der Waals surface area contributed by atoms with Crippen molar-refractivity contribution >= 4 is 5.97 Å². The van der Waals surface area contributed by atoms with E-state index in [9.17, 15) is 4.79 Å². The fourth-order valence-electron chi connectivity index (χ4n) is 3.56. The van der Waals surface area contributed by atoms with Crippen LogP contribution in [-0.2, 0) is 24.8 Å². The summed E-state index contributed by atoms with van der Waals surface area (Å²) in [5, 5.41) is 0. The molecule has 1 aliphatic rings. The third kappa shape index (κ3) is 4.86. The molecule has 4 heteroatoms. The SMILES string of the molecule is CC(C)C(C)(CC(C)(C)C)C(=O)OCC1COC(C)(c2ccccc2)O1. The number of rotatable bonds is 6. The predicted octanol–water partition coefficient (Wildman–Crippen LogP) is 4.92. The van der Waals surface area contributed by atoms with Gasteiger partial charge in [0.15, 0.2) is 5.79 Å². The van der Waals surface area contributed by atoms with E-state index in [2.05, 4.69) is 34.6 Å². The van der Waals surface area contributed by atoms with Crippen molar-refractivity contribution in [3.8, 4) is 0 Å². The van der Waals surface area contributed by atoms with Gasteiger partial charge in [-0.1, -0.05) is 65.0 Å². The Balaban J connectivity index is 1.97. The average molecular weight is 363 g/mol. The number of esters is 1. The van der Waals surface area contributed by atoms with Gasteiger partial charge in [0.1, 0.15) is 12.7 Å². The maximum absolute atomic E-state index is 12.9. The Hall–Kier alpha value is -1.39. The second-order valence-corrected chi connectivity index (χ2v) is 9.27. The predicted molar refractivity (Wildman–Crippen MR) is 103 cm³/mol. The Morgan fingerprint density at radius 1 is 1.23 bits per heavy atom. The van der Waals surface area contributed by atoms with Gasteiger partial charge in [-0.2, -0.15) is 0 Å². The highest BCUT2D eigenvalue weighted by Crippen LogP contribution is 2.41. The van der Waals surface area contributed by atoms with Gasteiger partial charge in [-0.15, -0.1) is 0 Å². The summed E-state index contributed by atoms with van der Waals surface area (Å²) < 4.78 is 17.6. The van der Waals surface area contributed by atoms with E-state index in [-0.39, 0.29) is 30.0 Å². The van der Waals surface area contributed by atoms with Crippen LogP contribution in [0.15, 0.2) is 30.3 Å². The van der Waals surface area contributed by atoms with Crippen LogP contribution in [0.5, 0.6) is 0 Å². The van der Waals surface area contributed by atoms with Gasteiger partial charge in [-0.3, -0.25) is 4.79 Å². The number of hydrogen-bond acceptors (Lipinski definition) is 4. The summed E-state index contributed by atoms with van der Waals surface area (Å²) >= 11 is 0. The van der Waals surface area contributed by atoms with Crippen LogP contribution < -0.4 is 0 Å². The van der Waals surface area contributed by atoms with Gasteiger partial charge in [-0.05, 0) is 31.6 Å². The van der Waals surface area contributed by atoms with Crippen molar-refractivity contribution in [3.63, 3.8) is 0 Å². The Bertz CT molecular complexity index is 604. The van der Waals surface area contributed by atoms with Crippen LogP contribution in [-0.4, -0.2) is 25.3 Å².